The average Bonchev–Trinajstić information content (AvgIpc) is 2.93. The summed E-state index contributed by atoms with van der Waals surface area (Å²) in [5, 5.41) is 0.627. The summed E-state index contributed by atoms with van der Waals surface area (Å²) in [6.07, 6.45) is 4.68. The number of nitrogens with one attached hydrogen (secondary N) is 1. The zero-order chi connectivity index (χ0) is 13.5. The van der Waals surface area contributed by atoms with Crippen molar-refractivity contribution < 1.29 is 8.42 Å². The van der Waals surface area contributed by atoms with Crippen molar-refractivity contribution in [3.05, 3.63) is 34.9 Å². The highest BCUT2D eigenvalue weighted by atomic mass is 35.5. The van der Waals surface area contributed by atoms with Crippen LogP contribution in [0.1, 0.15) is 31.2 Å². The van der Waals surface area contributed by atoms with Crippen molar-refractivity contribution >= 4 is 21.6 Å². The quantitative estimate of drug-likeness (QED) is 0.929. The van der Waals surface area contributed by atoms with E-state index in [1.807, 2.05) is 0 Å². The van der Waals surface area contributed by atoms with E-state index >= 15 is 0 Å². The predicted octanol–water partition coefficient (Wildman–Crippen LogP) is 2.95. The van der Waals surface area contributed by atoms with Gasteiger partial charge in [-0.3, -0.25) is 0 Å². The number of hydrogen-bond donors (Lipinski definition) is 1. The Hall–Kier alpha value is -0.580. The van der Waals surface area contributed by atoms with Gasteiger partial charge in [0.1, 0.15) is 0 Å². The molecule has 2 aliphatic carbocycles. The van der Waals surface area contributed by atoms with Crippen LogP contribution in [0.4, 0.5) is 0 Å². The fourth-order valence-electron chi connectivity index (χ4n) is 3.46. The van der Waals surface area contributed by atoms with Crippen molar-refractivity contribution in [3.8, 4) is 0 Å². The van der Waals surface area contributed by atoms with Crippen LogP contribution in [0.25, 0.3) is 0 Å². The van der Waals surface area contributed by atoms with Crippen molar-refractivity contribution in [1.82, 2.24) is 4.72 Å². The highest BCUT2D eigenvalue weighted by Crippen LogP contribution is 2.44. The highest BCUT2D eigenvalue weighted by molar-refractivity contribution is 7.88. The van der Waals surface area contributed by atoms with Gasteiger partial charge in [0.05, 0.1) is 5.75 Å². The molecule has 0 spiro atoms. The van der Waals surface area contributed by atoms with Crippen LogP contribution in [0.2, 0.25) is 5.02 Å². The van der Waals surface area contributed by atoms with Crippen LogP contribution in [0, 0.1) is 11.8 Å². The van der Waals surface area contributed by atoms with E-state index in [9.17, 15) is 8.42 Å². The molecule has 0 heterocycles. The van der Waals surface area contributed by atoms with E-state index in [1.165, 1.54) is 19.3 Å². The molecular weight excluding hydrogens is 282 g/mol. The minimum Gasteiger partial charge on any atom is -0.212 e. The first-order chi connectivity index (χ1) is 9.02. The Morgan fingerprint density at radius 3 is 2.47 bits per heavy atom. The Morgan fingerprint density at radius 1 is 1.16 bits per heavy atom. The summed E-state index contributed by atoms with van der Waals surface area (Å²) in [5.41, 5.74) is 0.778. The van der Waals surface area contributed by atoms with Crippen LogP contribution in [0.3, 0.4) is 0 Å². The molecule has 2 bridgehead atoms. The molecule has 1 aromatic rings. The topological polar surface area (TPSA) is 46.2 Å². The van der Waals surface area contributed by atoms with E-state index < -0.39 is 10.0 Å². The second-order valence-electron chi connectivity index (χ2n) is 5.78. The third kappa shape index (κ3) is 3.12. The number of hydrogen-bond acceptors (Lipinski definition) is 2. The average molecular weight is 300 g/mol. The monoisotopic (exact) mass is 299 g/mol. The lowest BCUT2D eigenvalue weighted by molar-refractivity contribution is 0.390. The van der Waals surface area contributed by atoms with Crippen LogP contribution in [0.5, 0.6) is 0 Å². The van der Waals surface area contributed by atoms with E-state index in [2.05, 4.69) is 4.72 Å². The van der Waals surface area contributed by atoms with E-state index in [0.717, 1.165) is 17.9 Å². The summed E-state index contributed by atoms with van der Waals surface area (Å²) in [5.74, 6) is 1.34. The molecule has 2 saturated carbocycles. The predicted molar refractivity (Wildman–Crippen MR) is 76.4 cm³/mol. The van der Waals surface area contributed by atoms with Gasteiger partial charge in [0.25, 0.3) is 0 Å². The van der Waals surface area contributed by atoms with Crippen LogP contribution in [0.15, 0.2) is 24.3 Å². The Balaban J connectivity index is 1.64. The van der Waals surface area contributed by atoms with Gasteiger partial charge in [-0.25, -0.2) is 13.1 Å². The van der Waals surface area contributed by atoms with E-state index in [0.29, 0.717) is 10.9 Å². The Morgan fingerprint density at radius 2 is 1.89 bits per heavy atom. The normalized spacial score (nSPS) is 29.8. The number of fused-ring (bicyclic) bond motifs is 2. The van der Waals surface area contributed by atoms with Crippen molar-refractivity contribution in [2.75, 3.05) is 0 Å². The molecule has 0 amide bonds. The molecule has 3 unspecified atom stereocenters. The minimum absolute atomic E-state index is 0.0397. The van der Waals surface area contributed by atoms with Gasteiger partial charge in [-0.2, -0.15) is 0 Å². The molecule has 3 rings (SSSR count). The summed E-state index contributed by atoms with van der Waals surface area (Å²) in [6, 6.07) is 7.15. The molecule has 2 aliphatic rings. The fourth-order valence-corrected chi connectivity index (χ4v) is 5.05. The molecule has 0 radical (unpaired) electrons. The van der Waals surface area contributed by atoms with Gasteiger partial charge in [0, 0.05) is 11.1 Å². The minimum atomic E-state index is -3.25. The molecule has 3 nitrogen and oxygen atoms in total. The standard InChI is InChI=1S/C14H18ClNO2S/c15-13-5-2-10(3-6-13)9-19(17,18)16-14-8-11-1-4-12(14)7-11/h2-3,5-6,11-12,14,16H,1,4,7-9H2. The lowest BCUT2D eigenvalue weighted by Crippen LogP contribution is -2.39. The van der Waals surface area contributed by atoms with Gasteiger partial charge < -0.3 is 0 Å². The van der Waals surface area contributed by atoms with Crippen LogP contribution >= 0.6 is 11.6 Å². The molecule has 0 aromatic heterocycles. The molecule has 1 N–H and O–H groups in total. The Bertz CT molecular complexity index is 555. The molecule has 104 valence electrons. The third-order valence-corrected chi connectivity index (χ3v) is 5.97. The molecule has 2 fully saturated rings. The van der Waals surface area contributed by atoms with Gasteiger partial charge >= 0.3 is 0 Å². The molecular formula is C14H18ClNO2S. The van der Waals surface area contributed by atoms with E-state index in [1.54, 1.807) is 24.3 Å². The van der Waals surface area contributed by atoms with Crippen molar-refractivity contribution in [2.45, 2.75) is 37.5 Å². The van der Waals surface area contributed by atoms with Gasteiger partial charge in [0.2, 0.25) is 10.0 Å². The van der Waals surface area contributed by atoms with E-state index in [-0.39, 0.29) is 11.8 Å². The number of rotatable bonds is 4. The second kappa shape index (κ2) is 5.08. The summed E-state index contributed by atoms with van der Waals surface area (Å²) >= 11 is 5.80. The lowest BCUT2D eigenvalue weighted by atomic mass is 9.96. The zero-order valence-electron chi connectivity index (χ0n) is 10.7. The lowest BCUT2D eigenvalue weighted by Gasteiger charge is -2.22. The maximum Gasteiger partial charge on any atom is 0.216 e. The van der Waals surface area contributed by atoms with Crippen LogP contribution in [-0.4, -0.2) is 14.5 Å². The number of sulfonamides is 1. The number of benzene rings is 1. The molecule has 5 heteroatoms. The Kier molecular flexibility index (Phi) is 3.58. The van der Waals surface area contributed by atoms with Crippen molar-refractivity contribution in [3.63, 3.8) is 0 Å². The summed E-state index contributed by atoms with van der Waals surface area (Å²) in [7, 11) is -3.25. The summed E-state index contributed by atoms with van der Waals surface area (Å²) in [6.45, 7) is 0. The first-order valence-electron chi connectivity index (χ1n) is 6.76. The van der Waals surface area contributed by atoms with Gasteiger partial charge in [-0.15, -0.1) is 0 Å². The highest BCUT2D eigenvalue weighted by Gasteiger charge is 2.40. The third-order valence-electron chi connectivity index (χ3n) is 4.34. The van der Waals surface area contributed by atoms with Gasteiger partial charge in [-0.1, -0.05) is 30.2 Å². The fraction of sp³-hybridized carbons (Fsp3) is 0.571. The summed E-state index contributed by atoms with van der Waals surface area (Å²) < 4.78 is 27.2. The van der Waals surface area contributed by atoms with Gasteiger partial charge in [0.15, 0.2) is 0 Å². The summed E-state index contributed by atoms with van der Waals surface area (Å²) in [4.78, 5) is 0. The maximum atomic E-state index is 12.2. The molecule has 1 aromatic carbocycles. The number of halogens is 1. The largest absolute Gasteiger partial charge is 0.216 e. The Labute approximate surface area is 119 Å². The first kappa shape index (κ1) is 13.4. The van der Waals surface area contributed by atoms with Crippen LogP contribution in [-0.2, 0) is 15.8 Å². The van der Waals surface area contributed by atoms with E-state index in [4.69, 9.17) is 11.6 Å². The van der Waals surface area contributed by atoms with Crippen LogP contribution < -0.4 is 4.72 Å². The molecule has 19 heavy (non-hydrogen) atoms. The van der Waals surface area contributed by atoms with Gasteiger partial charge in [-0.05, 0) is 48.8 Å². The van der Waals surface area contributed by atoms with Crippen molar-refractivity contribution in [1.29, 1.82) is 0 Å². The second-order valence-corrected chi connectivity index (χ2v) is 7.98. The first-order valence-corrected chi connectivity index (χ1v) is 8.79. The molecule has 0 aliphatic heterocycles. The molecule has 0 saturated heterocycles. The maximum absolute atomic E-state index is 12.2. The van der Waals surface area contributed by atoms with Crippen molar-refractivity contribution in [2.24, 2.45) is 11.8 Å². The molecule has 3 atom stereocenters. The zero-order valence-corrected chi connectivity index (χ0v) is 12.3. The smallest absolute Gasteiger partial charge is 0.212 e. The SMILES string of the molecule is O=S(=O)(Cc1ccc(Cl)cc1)NC1CC2CCC1C2.